The van der Waals surface area contributed by atoms with E-state index in [1.807, 2.05) is 64.1 Å². The Bertz CT molecular complexity index is 744. The summed E-state index contributed by atoms with van der Waals surface area (Å²) < 4.78 is 20.6. The molecule has 2 rings (SSSR count). The highest BCUT2D eigenvalue weighted by molar-refractivity contribution is 7.99. The summed E-state index contributed by atoms with van der Waals surface area (Å²) in [7, 11) is 1.65. The van der Waals surface area contributed by atoms with Gasteiger partial charge in [-0.1, -0.05) is 30.0 Å². The Labute approximate surface area is 163 Å². The lowest BCUT2D eigenvalue weighted by molar-refractivity contribution is 0.279. The maximum atomic E-state index is 12.4. The van der Waals surface area contributed by atoms with Crippen molar-refractivity contribution in [2.24, 2.45) is 0 Å². The summed E-state index contributed by atoms with van der Waals surface area (Å²) in [5.74, 6) is 0.778. The van der Waals surface area contributed by atoms with Crippen molar-refractivity contribution >= 4 is 23.1 Å². The largest absolute Gasteiger partial charge is 0.598 e. The minimum absolute atomic E-state index is 0.000000109. The van der Waals surface area contributed by atoms with Crippen LogP contribution in [0.4, 0.5) is 0 Å². The molecule has 26 heavy (non-hydrogen) atoms. The predicted octanol–water partition coefficient (Wildman–Crippen LogP) is 4.20. The molecule has 0 aromatic heterocycles. The van der Waals surface area contributed by atoms with E-state index in [2.05, 4.69) is 4.72 Å². The Balaban J connectivity index is 2.35. The molecule has 142 valence electrons. The molecular formula is C20H27NO3S2. The molecule has 0 saturated heterocycles. The molecule has 0 aliphatic rings. The average Bonchev–Trinajstić information content (AvgIpc) is 2.61. The first-order chi connectivity index (χ1) is 12.3. The van der Waals surface area contributed by atoms with E-state index in [0.29, 0.717) is 6.54 Å². The van der Waals surface area contributed by atoms with Crippen molar-refractivity contribution in [3.63, 3.8) is 0 Å². The molecule has 0 fully saturated rings. The highest BCUT2D eigenvalue weighted by Crippen LogP contribution is 2.37. The molecule has 0 amide bonds. The monoisotopic (exact) mass is 393 g/mol. The number of nitrogens with one attached hydrogen (secondary N) is 1. The summed E-state index contributed by atoms with van der Waals surface area (Å²) in [4.78, 5) is 2.10. The molecular weight excluding hydrogens is 366 g/mol. The fourth-order valence-corrected chi connectivity index (χ4v) is 4.24. The molecule has 6 heteroatoms. The number of ether oxygens (including phenoxy) is 1. The minimum atomic E-state index is -1.15. The topological polar surface area (TPSA) is 64.5 Å². The van der Waals surface area contributed by atoms with Crippen LogP contribution in [0.2, 0.25) is 0 Å². The van der Waals surface area contributed by atoms with E-state index in [0.717, 1.165) is 32.2 Å². The van der Waals surface area contributed by atoms with E-state index >= 15 is 0 Å². The van der Waals surface area contributed by atoms with Crippen molar-refractivity contribution in [3.8, 4) is 5.75 Å². The van der Waals surface area contributed by atoms with Gasteiger partial charge in [-0.05, 0) is 62.6 Å². The SMILES string of the molecule is COc1cc(C)c(Sc2ccccc2CO)c(CN[S+]([O-])C(C)(C)C)c1. The van der Waals surface area contributed by atoms with Crippen LogP contribution in [0.5, 0.6) is 5.75 Å². The Kier molecular flexibility index (Phi) is 7.43. The first-order valence-corrected chi connectivity index (χ1v) is 10.4. The molecule has 0 aliphatic carbocycles. The van der Waals surface area contributed by atoms with Crippen LogP contribution in [0, 0.1) is 6.92 Å². The van der Waals surface area contributed by atoms with Gasteiger partial charge in [-0.3, -0.25) is 0 Å². The third kappa shape index (κ3) is 5.41. The Hall–Kier alpha value is -1.18. The number of aryl methyl sites for hydroxylation is 1. The standard InChI is InChI=1S/C20H27NO3S2/c1-14-10-17(24-5)11-16(12-21-26(23)20(2,3)4)19(14)25-18-9-7-6-8-15(18)13-22/h6-11,21-22H,12-13H2,1-5H3. The summed E-state index contributed by atoms with van der Waals surface area (Å²) in [5, 5.41) is 9.60. The Morgan fingerprint density at radius 1 is 1.19 bits per heavy atom. The van der Waals surface area contributed by atoms with Gasteiger partial charge in [-0.2, -0.15) is 0 Å². The summed E-state index contributed by atoms with van der Waals surface area (Å²) in [5.41, 5.74) is 3.00. The van der Waals surface area contributed by atoms with Gasteiger partial charge in [0, 0.05) is 21.2 Å². The zero-order valence-corrected chi connectivity index (χ0v) is 17.6. The number of aliphatic hydroxyl groups is 1. The first-order valence-electron chi connectivity index (χ1n) is 8.45. The van der Waals surface area contributed by atoms with Crippen molar-refractivity contribution in [2.75, 3.05) is 7.11 Å². The van der Waals surface area contributed by atoms with E-state index in [9.17, 15) is 9.66 Å². The fraction of sp³-hybridized carbons (Fsp3) is 0.400. The van der Waals surface area contributed by atoms with Gasteiger partial charge < -0.3 is 14.4 Å². The lowest BCUT2D eigenvalue weighted by Gasteiger charge is -2.24. The Morgan fingerprint density at radius 2 is 1.88 bits per heavy atom. The van der Waals surface area contributed by atoms with Crippen LogP contribution in [0.25, 0.3) is 0 Å². The van der Waals surface area contributed by atoms with Crippen molar-refractivity contribution in [2.45, 2.75) is 55.4 Å². The van der Waals surface area contributed by atoms with Gasteiger partial charge in [0.1, 0.15) is 10.5 Å². The summed E-state index contributed by atoms with van der Waals surface area (Å²) in [6.45, 7) is 8.35. The van der Waals surface area contributed by atoms with Crippen molar-refractivity contribution in [3.05, 3.63) is 53.1 Å². The number of aliphatic hydroxyl groups excluding tert-OH is 1. The lowest BCUT2D eigenvalue weighted by Crippen LogP contribution is -2.39. The van der Waals surface area contributed by atoms with Crippen molar-refractivity contribution in [1.29, 1.82) is 0 Å². The van der Waals surface area contributed by atoms with E-state index in [1.165, 1.54) is 0 Å². The van der Waals surface area contributed by atoms with Crippen molar-refractivity contribution < 1.29 is 14.4 Å². The summed E-state index contributed by atoms with van der Waals surface area (Å²) in [6, 6.07) is 11.8. The highest BCUT2D eigenvalue weighted by Gasteiger charge is 2.26. The molecule has 1 unspecified atom stereocenters. The molecule has 2 aromatic rings. The second kappa shape index (κ2) is 9.15. The van der Waals surface area contributed by atoms with Gasteiger partial charge in [0.2, 0.25) is 0 Å². The van der Waals surface area contributed by atoms with E-state index in [1.54, 1.807) is 18.9 Å². The number of benzene rings is 2. The lowest BCUT2D eigenvalue weighted by atomic mass is 10.1. The third-order valence-corrected chi connectivity index (χ3v) is 6.79. The molecule has 0 aliphatic heterocycles. The van der Waals surface area contributed by atoms with E-state index in [4.69, 9.17) is 4.74 Å². The maximum absolute atomic E-state index is 12.4. The number of rotatable bonds is 7. The van der Waals surface area contributed by atoms with Crippen LogP contribution in [-0.2, 0) is 24.5 Å². The number of hydrogen-bond acceptors (Lipinski definition) is 5. The maximum Gasteiger partial charge on any atom is 0.136 e. The molecule has 2 N–H and O–H groups in total. The summed E-state index contributed by atoms with van der Waals surface area (Å²) >= 11 is 0.462. The summed E-state index contributed by atoms with van der Waals surface area (Å²) in [6.07, 6.45) is 0. The van der Waals surface area contributed by atoms with Gasteiger partial charge >= 0.3 is 0 Å². The molecule has 0 radical (unpaired) electrons. The molecule has 0 heterocycles. The van der Waals surface area contributed by atoms with E-state index < -0.39 is 11.4 Å². The minimum Gasteiger partial charge on any atom is -0.598 e. The molecule has 0 saturated carbocycles. The predicted molar refractivity (Wildman–Crippen MR) is 109 cm³/mol. The van der Waals surface area contributed by atoms with Crippen LogP contribution in [0.3, 0.4) is 0 Å². The number of hydrogen-bond donors (Lipinski definition) is 2. The highest BCUT2D eigenvalue weighted by atomic mass is 32.2. The molecule has 0 spiro atoms. The van der Waals surface area contributed by atoms with Crippen LogP contribution < -0.4 is 9.46 Å². The quantitative estimate of drug-likeness (QED) is 0.690. The van der Waals surface area contributed by atoms with Gasteiger partial charge in [0.25, 0.3) is 0 Å². The van der Waals surface area contributed by atoms with Crippen LogP contribution >= 0.6 is 11.8 Å². The van der Waals surface area contributed by atoms with Crippen molar-refractivity contribution in [1.82, 2.24) is 4.72 Å². The van der Waals surface area contributed by atoms with Crippen LogP contribution in [0.1, 0.15) is 37.5 Å². The molecule has 4 nitrogen and oxygen atoms in total. The molecule has 1 atom stereocenters. The zero-order valence-electron chi connectivity index (χ0n) is 16.0. The second-order valence-corrected chi connectivity index (χ2v) is 10.1. The van der Waals surface area contributed by atoms with Gasteiger partial charge in [-0.25, -0.2) is 0 Å². The van der Waals surface area contributed by atoms with Crippen LogP contribution in [0.15, 0.2) is 46.2 Å². The van der Waals surface area contributed by atoms with Gasteiger partial charge in [0.05, 0.1) is 20.3 Å². The van der Waals surface area contributed by atoms with Crippen LogP contribution in [-0.4, -0.2) is 21.5 Å². The van der Waals surface area contributed by atoms with Gasteiger partial charge in [0.15, 0.2) is 0 Å². The second-order valence-electron chi connectivity index (χ2n) is 7.00. The van der Waals surface area contributed by atoms with Gasteiger partial charge in [-0.15, -0.1) is 4.72 Å². The van der Waals surface area contributed by atoms with E-state index in [-0.39, 0.29) is 11.4 Å². The molecule has 2 aromatic carbocycles. The number of methoxy groups -OCH3 is 1. The molecule has 0 bridgehead atoms. The average molecular weight is 394 g/mol. The normalized spacial score (nSPS) is 12.9. The first kappa shape index (κ1) is 21.1. The fourth-order valence-electron chi connectivity index (χ4n) is 2.41. The third-order valence-electron chi connectivity index (χ3n) is 3.87. The zero-order chi connectivity index (χ0) is 19.3. The Morgan fingerprint density at radius 3 is 2.50 bits per heavy atom. The smallest absolute Gasteiger partial charge is 0.136 e.